The van der Waals surface area contributed by atoms with E-state index in [1.165, 1.54) is 23.1 Å². The third-order valence-electron chi connectivity index (χ3n) is 6.52. The quantitative estimate of drug-likeness (QED) is 0.565. The smallest absolute Gasteiger partial charge is 0.244 e. The van der Waals surface area contributed by atoms with Crippen LogP contribution in [-0.2, 0) is 26.2 Å². The Morgan fingerprint density at radius 2 is 1.69 bits per heavy atom. The van der Waals surface area contributed by atoms with Crippen LogP contribution in [0.4, 0.5) is 10.1 Å². The lowest BCUT2D eigenvalue weighted by atomic mass is 9.95. The zero-order valence-electron chi connectivity index (χ0n) is 20.5. The van der Waals surface area contributed by atoms with Crippen LogP contribution in [0, 0.1) is 12.7 Å². The van der Waals surface area contributed by atoms with Gasteiger partial charge < -0.3 is 10.2 Å². The van der Waals surface area contributed by atoms with Crippen molar-refractivity contribution in [2.24, 2.45) is 0 Å². The highest BCUT2D eigenvalue weighted by molar-refractivity contribution is 7.92. The predicted molar refractivity (Wildman–Crippen MR) is 135 cm³/mol. The molecule has 1 N–H and O–H groups in total. The number of hydrogen-bond acceptors (Lipinski definition) is 4. The molecule has 2 aromatic rings. The van der Waals surface area contributed by atoms with Gasteiger partial charge in [-0.25, -0.2) is 12.8 Å². The molecule has 0 bridgehead atoms. The minimum atomic E-state index is -3.97. The van der Waals surface area contributed by atoms with Crippen molar-refractivity contribution in [2.75, 3.05) is 17.1 Å². The Morgan fingerprint density at radius 1 is 1.06 bits per heavy atom. The number of rotatable bonds is 9. The van der Waals surface area contributed by atoms with E-state index in [4.69, 9.17) is 0 Å². The summed E-state index contributed by atoms with van der Waals surface area (Å²) in [4.78, 5) is 28.1. The minimum absolute atomic E-state index is 0.0695. The van der Waals surface area contributed by atoms with Gasteiger partial charge in [-0.2, -0.15) is 0 Å². The van der Waals surface area contributed by atoms with Gasteiger partial charge in [0.2, 0.25) is 21.8 Å². The molecule has 0 saturated heterocycles. The van der Waals surface area contributed by atoms with Crippen LogP contribution < -0.4 is 9.62 Å². The zero-order chi connectivity index (χ0) is 25.6. The molecule has 1 atom stereocenters. The van der Waals surface area contributed by atoms with Gasteiger partial charge in [-0.3, -0.25) is 13.9 Å². The number of amides is 2. The molecular formula is C26H34FN3O4S. The molecule has 3 rings (SSSR count). The van der Waals surface area contributed by atoms with Crippen molar-refractivity contribution in [1.82, 2.24) is 10.2 Å². The monoisotopic (exact) mass is 503 g/mol. The predicted octanol–water partition coefficient (Wildman–Crippen LogP) is 3.77. The van der Waals surface area contributed by atoms with Crippen LogP contribution in [0.15, 0.2) is 48.5 Å². The molecule has 1 aliphatic rings. The van der Waals surface area contributed by atoms with Crippen LogP contribution in [0.25, 0.3) is 0 Å². The Morgan fingerprint density at radius 3 is 2.31 bits per heavy atom. The van der Waals surface area contributed by atoms with Gasteiger partial charge in [0.25, 0.3) is 0 Å². The summed E-state index contributed by atoms with van der Waals surface area (Å²) < 4.78 is 40.3. The first kappa shape index (κ1) is 26.7. The fourth-order valence-corrected chi connectivity index (χ4v) is 5.22. The van der Waals surface area contributed by atoms with E-state index >= 15 is 0 Å². The van der Waals surface area contributed by atoms with Gasteiger partial charge in [-0.1, -0.05) is 55.7 Å². The molecule has 0 spiro atoms. The highest BCUT2D eigenvalue weighted by Crippen LogP contribution is 2.23. The SMILES string of the molecule is Cc1ccccc1CN(C(=O)CN(c1ccccc1F)S(C)(=O)=O)[C@@H](C)C(=O)NC1CCCCC1. The lowest BCUT2D eigenvalue weighted by molar-refractivity contribution is -0.139. The Hall–Kier alpha value is -2.94. The molecule has 2 aromatic carbocycles. The van der Waals surface area contributed by atoms with Gasteiger partial charge in [0.15, 0.2) is 0 Å². The summed E-state index contributed by atoms with van der Waals surface area (Å²) in [5.41, 5.74) is 1.58. The Kier molecular flexibility index (Phi) is 8.88. The van der Waals surface area contributed by atoms with Gasteiger partial charge >= 0.3 is 0 Å². The summed E-state index contributed by atoms with van der Waals surface area (Å²) in [6.45, 7) is 3.06. The second-order valence-electron chi connectivity index (χ2n) is 9.19. The van der Waals surface area contributed by atoms with Gasteiger partial charge in [0.1, 0.15) is 18.4 Å². The van der Waals surface area contributed by atoms with Crippen LogP contribution in [0.5, 0.6) is 0 Å². The molecule has 35 heavy (non-hydrogen) atoms. The number of para-hydroxylation sites is 1. The first-order valence-corrected chi connectivity index (χ1v) is 13.8. The fourth-order valence-electron chi connectivity index (χ4n) is 4.37. The van der Waals surface area contributed by atoms with Crippen molar-refractivity contribution in [3.63, 3.8) is 0 Å². The lowest BCUT2D eigenvalue weighted by Crippen LogP contribution is -2.53. The maximum atomic E-state index is 14.5. The molecule has 0 unspecified atom stereocenters. The number of anilines is 1. The van der Waals surface area contributed by atoms with Crippen molar-refractivity contribution in [2.45, 2.75) is 64.6 Å². The summed E-state index contributed by atoms with van der Waals surface area (Å²) in [7, 11) is -3.97. The molecule has 1 aliphatic carbocycles. The number of carbonyl (C=O) groups is 2. The van der Waals surface area contributed by atoms with Gasteiger partial charge in [-0.05, 0) is 49.9 Å². The Labute approximate surface area is 207 Å². The zero-order valence-corrected chi connectivity index (χ0v) is 21.4. The number of aryl methyl sites for hydroxylation is 1. The molecule has 9 heteroatoms. The highest BCUT2D eigenvalue weighted by Gasteiger charge is 2.32. The lowest BCUT2D eigenvalue weighted by Gasteiger charge is -2.33. The van der Waals surface area contributed by atoms with Crippen LogP contribution in [0.1, 0.15) is 50.2 Å². The van der Waals surface area contributed by atoms with E-state index in [1.54, 1.807) is 6.92 Å². The topological polar surface area (TPSA) is 86.8 Å². The first-order chi connectivity index (χ1) is 16.6. The number of sulfonamides is 1. The third-order valence-corrected chi connectivity index (χ3v) is 7.65. The molecule has 2 amide bonds. The van der Waals surface area contributed by atoms with E-state index in [0.717, 1.165) is 59.9 Å². The standard InChI is InChI=1S/C26H34FN3O4S/c1-19-11-7-8-12-21(19)17-29(20(2)26(32)28-22-13-5-4-6-14-22)25(31)18-30(35(3,33)34)24-16-10-9-15-23(24)27/h7-12,15-16,20,22H,4-6,13-14,17-18H2,1-3H3,(H,28,32)/t20-/m0/s1. The molecule has 190 valence electrons. The molecule has 1 saturated carbocycles. The van der Waals surface area contributed by atoms with Gasteiger partial charge in [0, 0.05) is 12.6 Å². The van der Waals surface area contributed by atoms with Crippen molar-refractivity contribution in [1.29, 1.82) is 0 Å². The second kappa shape index (κ2) is 11.7. The normalized spacial score (nSPS) is 15.3. The van der Waals surface area contributed by atoms with Crippen LogP contribution in [-0.4, -0.2) is 50.0 Å². The summed E-state index contributed by atoms with van der Waals surface area (Å²) >= 11 is 0. The van der Waals surface area contributed by atoms with Gasteiger partial charge in [-0.15, -0.1) is 0 Å². The van der Waals surface area contributed by atoms with Crippen LogP contribution >= 0.6 is 0 Å². The summed E-state index contributed by atoms with van der Waals surface area (Å²) in [5, 5.41) is 3.05. The first-order valence-electron chi connectivity index (χ1n) is 11.9. The summed E-state index contributed by atoms with van der Waals surface area (Å²) in [6, 6.07) is 12.1. The van der Waals surface area contributed by atoms with E-state index < -0.39 is 34.3 Å². The number of halogens is 1. The van der Waals surface area contributed by atoms with E-state index in [-0.39, 0.29) is 24.2 Å². The maximum Gasteiger partial charge on any atom is 0.244 e. The molecule has 7 nitrogen and oxygen atoms in total. The second-order valence-corrected chi connectivity index (χ2v) is 11.1. The Balaban J connectivity index is 1.89. The molecule has 0 aliphatic heterocycles. The maximum absolute atomic E-state index is 14.5. The minimum Gasteiger partial charge on any atom is -0.352 e. The van der Waals surface area contributed by atoms with Crippen molar-refractivity contribution >= 4 is 27.5 Å². The number of carbonyl (C=O) groups excluding carboxylic acids is 2. The van der Waals surface area contributed by atoms with E-state index in [1.807, 2.05) is 31.2 Å². The molecule has 0 aromatic heterocycles. The highest BCUT2D eigenvalue weighted by atomic mass is 32.2. The largest absolute Gasteiger partial charge is 0.352 e. The van der Waals surface area contributed by atoms with Crippen LogP contribution in [0.3, 0.4) is 0 Å². The van der Waals surface area contributed by atoms with Crippen molar-refractivity contribution in [3.05, 3.63) is 65.5 Å². The van der Waals surface area contributed by atoms with Gasteiger partial charge in [0.05, 0.1) is 11.9 Å². The van der Waals surface area contributed by atoms with Crippen molar-refractivity contribution in [3.8, 4) is 0 Å². The average molecular weight is 504 g/mol. The Bertz CT molecular complexity index is 1150. The van der Waals surface area contributed by atoms with Crippen molar-refractivity contribution < 1.29 is 22.4 Å². The third kappa shape index (κ3) is 7.04. The van der Waals surface area contributed by atoms with Crippen LogP contribution in [0.2, 0.25) is 0 Å². The molecule has 0 heterocycles. The number of benzene rings is 2. The number of nitrogens with zero attached hydrogens (tertiary/aromatic N) is 2. The average Bonchev–Trinajstić information content (AvgIpc) is 2.82. The fraction of sp³-hybridized carbons (Fsp3) is 0.462. The number of hydrogen-bond donors (Lipinski definition) is 1. The van der Waals surface area contributed by atoms with E-state index in [9.17, 15) is 22.4 Å². The van der Waals surface area contributed by atoms with E-state index in [2.05, 4.69) is 5.32 Å². The van der Waals surface area contributed by atoms with E-state index in [0.29, 0.717) is 0 Å². The molecule has 0 radical (unpaired) electrons. The summed E-state index contributed by atoms with van der Waals surface area (Å²) in [5.74, 6) is -1.62. The number of nitrogens with one attached hydrogen (secondary N) is 1. The molecular weight excluding hydrogens is 469 g/mol. The summed E-state index contributed by atoms with van der Waals surface area (Å²) in [6.07, 6.45) is 5.99. The molecule has 1 fully saturated rings.